The molecule has 0 radical (unpaired) electrons. The van der Waals surface area contributed by atoms with Crippen LogP contribution >= 0.6 is 0 Å². The van der Waals surface area contributed by atoms with Gasteiger partial charge in [0.2, 0.25) is 0 Å². The molecule has 0 heterocycles. The molecule has 0 atom stereocenters. The normalized spacial score (nSPS) is 12.9. The second-order valence-electron chi connectivity index (χ2n) is 6.69. The third-order valence-electron chi connectivity index (χ3n) is 5.09. The number of benzene rings is 3. The fraction of sp³-hybridized carbons (Fsp3) is 0.0385. The summed E-state index contributed by atoms with van der Waals surface area (Å²) in [7, 11) is 1.80. The van der Waals surface area contributed by atoms with Crippen molar-refractivity contribution in [2.75, 3.05) is 7.05 Å². The summed E-state index contributed by atoms with van der Waals surface area (Å²) in [5.41, 5.74) is 7.22. The van der Waals surface area contributed by atoms with Gasteiger partial charge in [-0.3, -0.25) is 15.0 Å². The average molecular weight is 375 g/mol. The minimum absolute atomic E-state index is 0.851. The molecule has 0 bridgehead atoms. The van der Waals surface area contributed by atoms with E-state index >= 15 is 0 Å². The van der Waals surface area contributed by atoms with Gasteiger partial charge in [-0.1, -0.05) is 54.6 Å². The summed E-state index contributed by atoms with van der Waals surface area (Å²) in [6.45, 7) is 7.34. The lowest BCUT2D eigenvalue weighted by Crippen LogP contribution is -1.98. The molecule has 3 aromatic rings. The summed E-state index contributed by atoms with van der Waals surface area (Å²) in [6.07, 6.45) is 8.31. The molecule has 0 aromatic heterocycles. The molecule has 3 aromatic carbocycles. The van der Waals surface area contributed by atoms with E-state index in [-0.39, 0.29) is 0 Å². The van der Waals surface area contributed by atoms with Crippen LogP contribution in [-0.2, 0) is 0 Å². The first-order valence-corrected chi connectivity index (χ1v) is 9.38. The van der Waals surface area contributed by atoms with Crippen LogP contribution in [0, 0.1) is 0 Å². The van der Waals surface area contributed by atoms with Crippen molar-refractivity contribution in [1.29, 1.82) is 0 Å². The smallest absolute Gasteiger partial charge is 0.0701 e. The van der Waals surface area contributed by atoms with Gasteiger partial charge in [0.1, 0.15) is 0 Å². The number of hydrogen-bond donors (Lipinski definition) is 0. The van der Waals surface area contributed by atoms with Crippen LogP contribution in [0.5, 0.6) is 0 Å². The Balaban J connectivity index is 2.02. The van der Waals surface area contributed by atoms with Crippen molar-refractivity contribution in [2.24, 2.45) is 15.0 Å². The first-order valence-electron chi connectivity index (χ1n) is 9.38. The monoisotopic (exact) mass is 375 g/mol. The molecular weight excluding hydrogens is 354 g/mol. The van der Waals surface area contributed by atoms with Gasteiger partial charge >= 0.3 is 0 Å². The number of hydrogen-bond acceptors (Lipinski definition) is 3. The van der Waals surface area contributed by atoms with Crippen molar-refractivity contribution in [1.82, 2.24) is 0 Å². The Morgan fingerprint density at radius 1 is 0.724 bits per heavy atom. The maximum Gasteiger partial charge on any atom is 0.0701 e. The highest BCUT2D eigenvalue weighted by atomic mass is 14.7. The molecule has 0 N–H and O–H groups in total. The highest BCUT2D eigenvalue weighted by Gasteiger charge is 2.15. The van der Waals surface area contributed by atoms with Gasteiger partial charge < -0.3 is 0 Å². The first kappa shape index (κ1) is 18.5. The van der Waals surface area contributed by atoms with E-state index in [0.29, 0.717) is 0 Å². The van der Waals surface area contributed by atoms with Crippen LogP contribution in [0.3, 0.4) is 0 Å². The van der Waals surface area contributed by atoms with Gasteiger partial charge in [-0.25, -0.2) is 0 Å². The van der Waals surface area contributed by atoms with E-state index in [2.05, 4.69) is 77.0 Å². The third-order valence-corrected chi connectivity index (χ3v) is 5.09. The van der Waals surface area contributed by atoms with Crippen LogP contribution in [0.15, 0.2) is 106 Å². The molecule has 140 valence electrons. The van der Waals surface area contributed by atoms with Gasteiger partial charge in [0, 0.05) is 12.4 Å². The van der Waals surface area contributed by atoms with Crippen molar-refractivity contribution in [2.45, 2.75) is 0 Å². The SMILES string of the molecule is C=Nc1ccc(C(=C2C=CC(=NC)C=C2)c2ccc(N=C)c3ccccc23)cc1. The van der Waals surface area contributed by atoms with Crippen molar-refractivity contribution >= 4 is 46.9 Å². The molecule has 29 heavy (non-hydrogen) atoms. The average Bonchev–Trinajstić information content (AvgIpc) is 2.80. The summed E-state index contributed by atoms with van der Waals surface area (Å²) in [5, 5.41) is 2.23. The zero-order valence-electron chi connectivity index (χ0n) is 16.3. The lowest BCUT2D eigenvalue weighted by atomic mass is 9.87. The molecule has 3 nitrogen and oxygen atoms in total. The van der Waals surface area contributed by atoms with Gasteiger partial charge in [-0.2, -0.15) is 0 Å². The molecule has 1 aliphatic rings. The van der Waals surface area contributed by atoms with Crippen molar-refractivity contribution in [3.8, 4) is 0 Å². The van der Waals surface area contributed by atoms with Gasteiger partial charge in [0.15, 0.2) is 0 Å². The van der Waals surface area contributed by atoms with E-state index in [1.54, 1.807) is 7.05 Å². The first-order chi connectivity index (χ1) is 14.2. The Kier molecular flexibility index (Phi) is 5.12. The maximum absolute atomic E-state index is 4.26. The highest BCUT2D eigenvalue weighted by Crippen LogP contribution is 2.37. The summed E-state index contributed by atoms with van der Waals surface area (Å²) in [6, 6.07) is 20.6. The molecule has 0 amide bonds. The topological polar surface area (TPSA) is 37.1 Å². The minimum atomic E-state index is 0.851. The highest BCUT2D eigenvalue weighted by molar-refractivity contribution is 6.09. The Morgan fingerprint density at radius 2 is 1.41 bits per heavy atom. The Morgan fingerprint density at radius 3 is 2.03 bits per heavy atom. The maximum atomic E-state index is 4.26. The van der Waals surface area contributed by atoms with Gasteiger partial charge in [-0.05, 0) is 71.4 Å². The number of fused-ring (bicyclic) bond motifs is 1. The van der Waals surface area contributed by atoms with Crippen LogP contribution in [0.2, 0.25) is 0 Å². The second kappa shape index (κ2) is 8.03. The zero-order chi connectivity index (χ0) is 20.2. The van der Waals surface area contributed by atoms with Crippen LogP contribution < -0.4 is 0 Å². The van der Waals surface area contributed by atoms with Gasteiger partial charge in [0.25, 0.3) is 0 Å². The third kappa shape index (κ3) is 3.50. The summed E-state index contributed by atoms with van der Waals surface area (Å²) in [4.78, 5) is 12.5. The van der Waals surface area contributed by atoms with Crippen molar-refractivity contribution < 1.29 is 0 Å². The fourth-order valence-electron chi connectivity index (χ4n) is 3.63. The number of aliphatic imine (C=N–C) groups is 3. The fourth-order valence-corrected chi connectivity index (χ4v) is 3.63. The molecule has 0 saturated carbocycles. The van der Waals surface area contributed by atoms with E-state index in [1.807, 2.05) is 36.4 Å². The Bertz CT molecular complexity index is 1200. The van der Waals surface area contributed by atoms with Crippen molar-refractivity contribution in [3.05, 3.63) is 102 Å². The minimum Gasteiger partial charge on any atom is -0.289 e. The molecule has 0 spiro atoms. The standard InChI is InChI=1S/C26H21N3/c1-27-20-12-8-18(9-13-20)26(19-10-14-21(28-2)15-11-19)24-16-17-25(29-3)23-7-5-4-6-22(23)24/h4-17H,1,3H2,2H3. The van der Waals surface area contributed by atoms with Gasteiger partial charge in [-0.15, -0.1) is 0 Å². The second-order valence-corrected chi connectivity index (χ2v) is 6.69. The predicted molar refractivity (Wildman–Crippen MR) is 126 cm³/mol. The largest absolute Gasteiger partial charge is 0.289 e. The Labute approximate surface area is 170 Å². The van der Waals surface area contributed by atoms with Gasteiger partial charge in [0.05, 0.1) is 17.1 Å². The molecule has 3 heteroatoms. The van der Waals surface area contributed by atoms with E-state index < -0.39 is 0 Å². The molecule has 0 saturated heterocycles. The van der Waals surface area contributed by atoms with Crippen LogP contribution in [0.1, 0.15) is 11.1 Å². The number of allylic oxidation sites excluding steroid dienone is 5. The molecule has 1 aliphatic carbocycles. The Hall–Kier alpha value is -3.85. The predicted octanol–water partition coefficient (Wildman–Crippen LogP) is 6.50. The van der Waals surface area contributed by atoms with E-state index in [0.717, 1.165) is 50.1 Å². The van der Waals surface area contributed by atoms with Crippen molar-refractivity contribution in [3.63, 3.8) is 0 Å². The van der Waals surface area contributed by atoms with Crippen LogP contribution in [0.4, 0.5) is 11.4 Å². The zero-order valence-corrected chi connectivity index (χ0v) is 16.3. The number of nitrogens with zero attached hydrogens (tertiary/aromatic N) is 3. The quantitative estimate of drug-likeness (QED) is 0.467. The molecule has 0 aliphatic heterocycles. The molecule has 4 rings (SSSR count). The summed E-state index contributed by atoms with van der Waals surface area (Å²) in [5.74, 6) is 0. The van der Waals surface area contributed by atoms with Crippen LogP contribution in [-0.4, -0.2) is 26.2 Å². The van der Waals surface area contributed by atoms with E-state index in [1.165, 1.54) is 0 Å². The lowest BCUT2D eigenvalue weighted by molar-refractivity contribution is 1.44. The molecule has 0 fully saturated rings. The molecule has 0 unspecified atom stereocenters. The molecular formula is C26H21N3. The number of rotatable bonds is 4. The summed E-state index contributed by atoms with van der Waals surface area (Å²) >= 11 is 0. The summed E-state index contributed by atoms with van der Waals surface area (Å²) < 4.78 is 0. The van der Waals surface area contributed by atoms with Crippen LogP contribution in [0.25, 0.3) is 16.3 Å². The lowest BCUT2D eigenvalue weighted by Gasteiger charge is -2.17. The van der Waals surface area contributed by atoms with E-state index in [9.17, 15) is 0 Å². The van der Waals surface area contributed by atoms with E-state index in [4.69, 9.17) is 0 Å².